The average molecular weight is 338 g/mol. The second-order valence-electron chi connectivity index (χ2n) is 4.30. The summed E-state index contributed by atoms with van der Waals surface area (Å²) in [5, 5.41) is 4.24. The highest BCUT2D eigenvalue weighted by atomic mass is 127. The zero-order valence-electron chi connectivity index (χ0n) is 9.35. The molecule has 1 nitrogen and oxygen atoms in total. The molecular formula is C12H17ClIN. The minimum atomic E-state index is 0.459. The molecule has 0 aliphatic rings. The van der Waals surface area contributed by atoms with E-state index in [4.69, 9.17) is 11.6 Å². The molecule has 0 aliphatic heterocycles. The zero-order chi connectivity index (χ0) is 11.4. The first-order chi connectivity index (χ1) is 6.99. The van der Waals surface area contributed by atoms with Gasteiger partial charge in [0.25, 0.3) is 0 Å². The summed E-state index contributed by atoms with van der Waals surface area (Å²) >= 11 is 8.41. The third kappa shape index (κ3) is 4.60. The molecule has 0 heterocycles. The smallest absolute Gasteiger partial charge is 0.0638 e. The van der Waals surface area contributed by atoms with Crippen LogP contribution in [0.2, 0.25) is 5.02 Å². The lowest BCUT2D eigenvalue weighted by Gasteiger charge is -2.18. The van der Waals surface area contributed by atoms with E-state index in [9.17, 15) is 0 Å². The van der Waals surface area contributed by atoms with Crippen molar-refractivity contribution in [1.29, 1.82) is 0 Å². The molecule has 0 spiro atoms. The summed E-state index contributed by atoms with van der Waals surface area (Å²) in [6.07, 6.45) is 1.15. The van der Waals surface area contributed by atoms with E-state index in [0.29, 0.717) is 12.0 Å². The molecule has 0 aliphatic carbocycles. The van der Waals surface area contributed by atoms with Gasteiger partial charge in [0.05, 0.1) is 10.7 Å². The molecule has 0 radical (unpaired) electrons. The second-order valence-corrected chi connectivity index (χ2v) is 5.95. The van der Waals surface area contributed by atoms with Crippen molar-refractivity contribution >= 4 is 39.9 Å². The first-order valence-corrected chi connectivity index (χ1v) is 6.66. The molecule has 1 unspecified atom stereocenters. The van der Waals surface area contributed by atoms with Crippen LogP contribution in [0.4, 0.5) is 5.69 Å². The molecule has 1 aromatic rings. The molecular weight excluding hydrogens is 320 g/mol. The van der Waals surface area contributed by atoms with E-state index in [1.54, 1.807) is 0 Å². The van der Waals surface area contributed by atoms with Crippen LogP contribution in [0.25, 0.3) is 0 Å². The lowest BCUT2D eigenvalue weighted by molar-refractivity contribution is 0.540. The molecule has 0 bridgehead atoms. The van der Waals surface area contributed by atoms with Gasteiger partial charge in [0.15, 0.2) is 0 Å². The molecule has 3 heteroatoms. The average Bonchev–Trinajstić information content (AvgIpc) is 2.10. The fourth-order valence-corrected chi connectivity index (χ4v) is 2.30. The van der Waals surface area contributed by atoms with E-state index in [1.165, 1.54) is 3.57 Å². The maximum absolute atomic E-state index is 6.11. The Morgan fingerprint density at radius 2 is 2.00 bits per heavy atom. The van der Waals surface area contributed by atoms with Crippen LogP contribution in [-0.2, 0) is 0 Å². The van der Waals surface area contributed by atoms with E-state index in [-0.39, 0.29) is 0 Å². The molecule has 15 heavy (non-hydrogen) atoms. The van der Waals surface area contributed by atoms with Crippen LogP contribution in [-0.4, -0.2) is 6.04 Å². The number of rotatable bonds is 4. The minimum absolute atomic E-state index is 0.459. The monoisotopic (exact) mass is 337 g/mol. The van der Waals surface area contributed by atoms with E-state index in [0.717, 1.165) is 17.1 Å². The number of anilines is 1. The van der Waals surface area contributed by atoms with Crippen LogP contribution >= 0.6 is 34.2 Å². The van der Waals surface area contributed by atoms with Gasteiger partial charge in [0, 0.05) is 9.61 Å². The van der Waals surface area contributed by atoms with Gasteiger partial charge in [-0.2, -0.15) is 0 Å². The first-order valence-electron chi connectivity index (χ1n) is 5.20. The van der Waals surface area contributed by atoms with Crippen molar-refractivity contribution in [3.63, 3.8) is 0 Å². The molecule has 0 fully saturated rings. The molecule has 1 atom stereocenters. The lowest BCUT2D eigenvalue weighted by Crippen LogP contribution is -2.17. The Hall–Kier alpha value is 0.0400. The standard InChI is InChI=1S/C12H17ClIN/c1-8(2)6-9(3)15-12-7-10(14)4-5-11(12)13/h4-5,7-9,15H,6H2,1-3H3. The lowest BCUT2D eigenvalue weighted by atomic mass is 10.1. The summed E-state index contributed by atoms with van der Waals surface area (Å²) in [7, 11) is 0. The molecule has 84 valence electrons. The van der Waals surface area contributed by atoms with Crippen molar-refractivity contribution < 1.29 is 0 Å². The Kier molecular flexibility index (Phi) is 5.19. The molecule has 1 rings (SSSR count). The summed E-state index contributed by atoms with van der Waals surface area (Å²) in [5.74, 6) is 0.703. The quantitative estimate of drug-likeness (QED) is 0.779. The predicted octanol–water partition coefficient (Wildman–Crippen LogP) is 4.79. The van der Waals surface area contributed by atoms with Gasteiger partial charge in [0.2, 0.25) is 0 Å². The van der Waals surface area contributed by atoms with Crippen LogP contribution in [0, 0.1) is 9.49 Å². The topological polar surface area (TPSA) is 12.0 Å². The number of hydrogen-bond acceptors (Lipinski definition) is 1. The normalized spacial score (nSPS) is 12.9. The van der Waals surface area contributed by atoms with Gasteiger partial charge < -0.3 is 5.32 Å². The molecule has 1 N–H and O–H groups in total. The van der Waals surface area contributed by atoms with Crippen molar-refractivity contribution in [2.24, 2.45) is 5.92 Å². The van der Waals surface area contributed by atoms with Crippen LogP contribution in [0.3, 0.4) is 0 Å². The molecule has 1 aromatic carbocycles. The third-order valence-corrected chi connectivity index (χ3v) is 3.16. The number of halogens is 2. The summed E-state index contributed by atoms with van der Waals surface area (Å²) in [4.78, 5) is 0. The Labute approximate surface area is 111 Å². The third-order valence-electron chi connectivity index (χ3n) is 2.16. The maximum atomic E-state index is 6.11. The largest absolute Gasteiger partial charge is 0.381 e. The highest BCUT2D eigenvalue weighted by Gasteiger charge is 2.07. The van der Waals surface area contributed by atoms with Crippen molar-refractivity contribution in [3.8, 4) is 0 Å². The van der Waals surface area contributed by atoms with Crippen LogP contribution < -0.4 is 5.32 Å². The van der Waals surface area contributed by atoms with Gasteiger partial charge >= 0.3 is 0 Å². The second kappa shape index (κ2) is 5.94. The van der Waals surface area contributed by atoms with Gasteiger partial charge in [-0.3, -0.25) is 0 Å². The molecule has 0 aromatic heterocycles. The summed E-state index contributed by atoms with van der Waals surface area (Å²) in [6, 6.07) is 6.50. The predicted molar refractivity (Wildman–Crippen MR) is 76.7 cm³/mol. The van der Waals surface area contributed by atoms with Crippen LogP contribution in [0.1, 0.15) is 27.2 Å². The van der Waals surface area contributed by atoms with E-state index in [1.807, 2.05) is 12.1 Å². The Bertz CT molecular complexity index is 325. The Morgan fingerprint density at radius 1 is 1.33 bits per heavy atom. The summed E-state index contributed by atoms with van der Waals surface area (Å²) < 4.78 is 1.20. The SMILES string of the molecule is CC(C)CC(C)Nc1cc(I)ccc1Cl. The Balaban J connectivity index is 2.67. The minimum Gasteiger partial charge on any atom is -0.381 e. The highest BCUT2D eigenvalue weighted by Crippen LogP contribution is 2.25. The molecule has 0 saturated heterocycles. The van der Waals surface area contributed by atoms with E-state index in [2.05, 4.69) is 54.7 Å². The maximum Gasteiger partial charge on any atom is 0.0638 e. The van der Waals surface area contributed by atoms with Crippen molar-refractivity contribution in [3.05, 3.63) is 26.8 Å². The first kappa shape index (κ1) is 13.1. The van der Waals surface area contributed by atoms with Gasteiger partial charge in [-0.25, -0.2) is 0 Å². The van der Waals surface area contributed by atoms with E-state index >= 15 is 0 Å². The number of hydrogen-bond donors (Lipinski definition) is 1. The van der Waals surface area contributed by atoms with Gasteiger partial charge in [-0.1, -0.05) is 25.4 Å². The van der Waals surface area contributed by atoms with Crippen LogP contribution in [0.15, 0.2) is 18.2 Å². The van der Waals surface area contributed by atoms with E-state index < -0.39 is 0 Å². The number of nitrogens with one attached hydrogen (secondary N) is 1. The van der Waals surface area contributed by atoms with Gasteiger partial charge in [-0.05, 0) is 60.1 Å². The fourth-order valence-electron chi connectivity index (χ4n) is 1.64. The fraction of sp³-hybridized carbons (Fsp3) is 0.500. The summed E-state index contributed by atoms with van der Waals surface area (Å²) in [6.45, 7) is 6.65. The van der Waals surface area contributed by atoms with Crippen molar-refractivity contribution in [2.75, 3.05) is 5.32 Å². The molecule has 0 amide bonds. The Morgan fingerprint density at radius 3 is 2.60 bits per heavy atom. The van der Waals surface area contributed by atoms with Gasteiger partial charge in [0.1, 0.15) is 0 Å². The number of benzene rings is 1. The zero-order valence-corrected chi connectivity index (χ0v) is 12.3. The van der Waals surface area contributed by atoms with Crippen LogP contribution in [0.5, 0.6) is 0 Å². The van der Waals surface area contributed by atoms with Crippen molar-refractivity contribution in [1.82, 2.24) is 0 Å². The van der Waals surface area contributed by atoms with Gasteiger partial charge in [-0.15, -0.1) is 0 Å². The van der Waals surface area contributed by atoms with Crippen molar-refractivity contribution in [2.45, 2.75) is 33.2 Å². The molecule has 0 saturated carbocycles. The summed E-state index contributed by atoms with van der Waals surface area (Å²) in [5.41, 5.74) is 1.04. The highest BCUT2D eigenvalue weighted by molar-refractivity contribution is 14.1.